The normalized spacial score (nSPS) is 9.43. The van der Waals surface area contributed by atoms with Crippen molar-refractivity contribution in [1.29, 1.82) is 0 Å². The zero-order chi connectivity index (χ0) is 13.7. The van der Waals surface area contributed by atoms with Crippen LogP contribution in [-0.2, 0) is 0 Å². The summed E-state index contributed by atoms with van der Waals surface area (Å²) < 4.78 is 5.17. The second-order valence-corrected chi connectivity index (χ2v) is 4.15. The molecule has 6 nitrogen and oxygen atoms in total. The third-order valence-corrected chi connectivity index (χ3v) is 2.72. The highest BCUT2D eigenvalue weighted by Crippen LogP contribution is 2.19. The van der Waals surface area contributed by atoms with E-state index in [1.807, 2.05) is 13.1 Å². The molecule has 0 aliphatic carbocycles. The summed E-state index contributed by atoms with van der Waals surface area (Å²) in [4.78, 5) is 17.7. The number of nitrogens with one attached hydrogen (secondary N) is 1. The van der Waals surface area contributed by atoms with E-state index in [4.69, 9.17) is 4.52 Å². The molecule has 0 aliphatic rings. The van der Waals surface area contributed by atoms with Crippen LogP contribution in [0.15, 0.2) is 35.1 Å². The van der Waals surface area contributed by atoms with Crippen LogP contribution in [0.4, 0.5) is 0 Å². The number of hydrogen-bond acceptors (Lipinski definition) is 5. The highest BCUT2D eigenvalue weighted by molar-refractivity contribution is 5.92. The lowest BCUT2D eigenvalue weighted by molar-refractivity contribution is 0.0786. The Morgan fingerprint density at radius 3 is 2.81 bits per heavy atom. The first-order chi connectivity index (χ1) is 9.22. The van der Waals surface area contributed by atoms with Crippen molar-refractivity contribution in [3.05, 3.63) is 36.3 Å². The summed E-state index contributed by atoms with van der Waals surface area (Å²) >= 11 is 0. The van der Waals surface area contributed by atoms with Crippen LogP contribution in [-0.4, -0.2) is 48.1 Å². The summed E-state index contributed by atoms with van der Waals surface area (Å²) in [6.07, 6.45) is 3.34. The molecule has 8 heteroatoms. The maximum atomic E-state index is 12.1. The van der Waals surface area contributed by atoms with Gasteiger partial charge in [-0.05, 0) is 19.2 Å². The molecular weight excluding hydrogens is 315 g/mol. The second-order valence-electron chi connectivity index (χ2n) is 4.15. The first-order valence-electron chi connectivity index (χ1n) is 5.99. The zero-order valence-corrected chi connectivity index (χ0v) is 13.4. The maximum Gasteiger partial charge on any atom is 0.275 e. The number of amides is 1. The smallest absolute Gasteiger partial charge is 0.275 e. The molecule has 2 aromatic rings. The van der Waals surface area contributed by atoms with Crippen LogP contribution in [0.2, 0.25) is 0 Å². The molecule has 0 radical (unpaired) electrons. The first kappa shape index (κ1) is 19.4. The minimum Gasteiger partial charge on any atom is -0.355 e. The van der Waals surface area contributed by atoms with Crippen molar-refractivity contribution in [3.8, 4) is 11.3 Å². The lowest BCUT2D eigenvalue weighted by atomic mass is 10.2. The van der Waals surface area contributed by atoms with Crippen molar-refractivity contribution in [2.45, 2.75) is 0 Å². The van der Waals surface area contributed by atoms with E-state index < -0.39 is 0 Å². The number of halogens is 2. The van der Waals surface area contributed by atoms with E-state index in [-0.39, 0.29) is 30.7 Å². The van der Waals surface area contributed by atoms with Gasteiger partial charge in [0.2, 0.25) is 0 Å². The van der Waals surface area contributed by atoms with Crippen LogP contribution in [0, 0.1) is 0 Å². The number of carbonyl (C=O) groups is 1. The molecule has 1 N–H and O–H groups in total. The van der Waals surface area contributed by atoms with Gasteiger partial charge in [0.25, 0.3) is 5.91 Å². The Morgan fingerprint density at radius 2 is 2.19 bits per heavy atom. The molecule has 0 bridgehead atoms. The molecule has 0 spiro atoms. The maximum absolute atomic E-state index is 12.1. The number of aromatic nitrogens is 2. The summed E-state index contributed by atoms with van der Waals surface area (Å²) in [5, 5.41) is 6.80. The van der Waals surface area contributed by atoms with Gasteiger partial charge in [0.15, 0.2) is 11.5 Å². The van der Waals surface area contributed by atoms with Crippen molar-refractivity contribution in [1.82, 2.24) is 20.4 Å². The number of nitrogens with zero attached hydrogens (tertiary/aromatic N) is 3. The van der Waals surface area contributed by atoms with Gasteiger partial charge in [0, 0.05) is 44.2 Å². The fourth-order valence-electron chi connectivity index (χ4n) is 1.60. The van der Waals surface area contributed by atoms with E-state index >= 15 is 0 Å². The Balaban J connectivity index is 0.00000200. The summed E-state index contributed by atoms with van der Waals surface area (Å²) in [7, 11) is 3.58. The first-order valence-corrected chi connectivity index (χ1v) is 5.99. The van der Waals surface area contributed by atoms with Gasteiger partial charge >= 0.3 is 0 Å². The third kappa shape index (κ3) is 5.00. The molecule has 0 unspecified atom stereocenters. The molecule has 0 fully saturated rings. The monoisotopic (exact) mass is 332 g/mol. The van der Waals surface area contributed by atoms with Crippen LogP contribution in [0.1, 0.15) is 10.5 Å². The highest BCUT2D eigenvalue weighted by atomic mass is 35.5. The molecule has 2 rings (SSSR count). The Hall–Kier alpha value is -1.63. The van der Waals surface area contributed by atoms with Crippen LogP contribution in [0.3, 0.4) is 0 Å². The molecule has 0 saturated heterocycles. The standard InChI is InChI=1S/C13H16N4O2.2ClH/c1-14-6-7-17(2)13(18)11-8-12(19-16-11)10-4-3-5-15-9-10;;/h3-5,8-9,14H,6-7H2,1-2H3;2*1H. The van der Waals surface area contributed by atoms with E-state index in [0.29, 0.717) is 18.0 Å². The molecule has 0 saturated carbocycles. The van der Waals surface area contributed by atoms with Gasteiger partial charge in [0.05, 0.1) is 0 Å². The molecule has 2 heterocycles. The van der Waals surface area contributed by atoms with E-state index in [1.165, 1.54) is 0 Å². The molecule has 1 amide bonds. The third-order valence-electron chi connectivity index (χ3n) is 2.72. The minimum absolute atomic E-state index is 0. The van der Waals surface area contributed by atoms with Gasteiger partial charge in [-0.15, -0.1) is 24.8 Å². The predicted molar refractivity (Wildman–Crippen MR) is 85.1 cm³/mol. The lowest BCUT2D eigenvalue weighted by Gasteiger charge is -2.14. The Labute approximate surface area is 135 Å². The molecule has 116 valence electrons. The topological polar surface area (TPSA) is 71.3 Å². The fourth-order valence-corrected chi connectivity index (χ4v) is 1.60. The van der Waals surface area contributed by atoms with Crippen molar-refractivity contribution in [3.63, 3.8) is 0 Å². The van der Waals surface area contributed by atoms with Gasteiger partial charge in [-0.3, -0.25) is 9.78 Å². The number of hydrogen-bond donors (Lipinski definition) is 1. The van der Waals surface area contributed by atoms with E-state index in [9.17, 15) is 4.79 Å². The van der Waals surface area contributed by atoms with Crippen molar-refractivity contribution < 1.29 is 9.32 Å². The van der Waals surface area contributed by atoms with Gasteiger partial charge in [-0.25, -0.2) is 0 Å². The molecule has 0 aromatic carbocycles. The zero-order valence-electron chi connectivity index (χ0n) is 11.8. The Morgan fingerprint density at radius 1 is 1.43 bits per heavy atom. The molecule has 0 aliphatic heterocycles. The molecule has 2 aromatic heterocycles. The van der Waals surface area contributed by atoms with Crippen molar-refractivity contribution in [2.75, 3.05) is 27.2 Å². The predicted octanol–water partition coefficient (Wildman–Crippen LogP) is 1.87. The second kappa shape index (κ2) is 9.33. The molecule has 21 heavy (non-hydrogen) atoms. The summed E-state index contributed by atoms with van der Waals surface area (Å²) in [6, 6.07) is 5.29. The number of pyridine rings is 1. The van der Waals surface area contributed by atoms with Gasteiger partial charge in [-0.2, -0.15) is 0 Å². The average molecular weight is 333 g/mol. The van der Waals surface area contributed by atoms with Crippen molar-refractivity contribution >= 4 is 30.7 Å². The fraction of sp³-hybridized carbons (Fsp3) is 0.308. The molecule has 0 atom stereocenters. The van der Waals surface area contributed by atoms with E-state index in [1.54, 1.807) is 36.5 Å². The summed E-state index contributed by atoms with van der Waals surface area (Å²) in [6.45, 7) is 1.35. The average Bonchev–Trinajstić information content (AvgIpc) is 2.94. The van der Waals surface area contributed by atoms with Crippen LogP contribution in [0.25, 0.3) is 11.3 Å². The van der Waals surface area contributed by atoms with E-state index in [2.05, 4.69) is 15.5 Å². The minimum atomic E-state index is -0.158. The largest absolute Gasteiger partial charge is 0.355 e. The molecular formula is C13H18Cl2N4O2. The summed E-state index contributed by atoms with van der Waals surface area (Å²) in [5.41, 5.74) is 1.10. The quantitative estimate of drug-likeness (QED) is 0.904. The Kier molecular flexibility index (Phi) is 8.61. The lowest BCUT2D eigenvalue weighted by Crippen LogP contribution is -2.32. The van der Waals surface area contributed by atoms with E-state index in [0.717, 1.165) is 12.1 Å². The number of likely N-dealkylation sites (N-methyl/N-ethyl adjacent to an activating group) is 2. The number of rotatable bonds is 5. The van der Waals surface area contributed by atoms with Crippen LogP contribution in [0.5, 0.6) is 0 Å². The van der Waals surface area contributed by atoms with Crippen LogP contribution >= 0.6 is 24.8 Å². The van der Waals surface area contributed by atoms with Gasteiger partial charge < -0.3 is 14.7 Å². The Bertz CT molecular complexity index is 548. The highest BCUT2D eigenvalue weighted by Gasteiger charge is 2.17. The van der Waals surface area contributed by atoms with Gasteiger partial charge in [-0.1, -0.05) is 5.16 Å². The summed E-state index contributed by atoms with van der Waals surface area (Å²) in [5.74, 6) is 0.382. The number of carbonyl (C=O) groups excluding carboxylic acids is 1. The van der Waals surface area contributed by atoms with Crippen LogP contribution < -0.4 is 5.32 Å². The van der Waals surface area contributed by atoms with Crippen molar-refractivity contribution in [2.24, 2.45) is 0 Å². The van der Waals surface area contributed by atoms with Gasteiger partial charge in [0.1, 0.15) is 0 Å². The SMILES string of the molecule is CNCCN(C)C(=O)c1cc(-c2cccnc2)on1.Cl.Cl.